The van der Waals surface area contributed by atoms with Crippen molar-refractivity contribution >= 4 is 10.0 Å². The minimum absolute atomic E-state index is 0.0693. The fourth-order valence-electron chi connectivity index (χ4n) is 3.07. The van der Waals surface area contributed by atoms with E-state index in [1.54, 1.807) is 0 Å². The first-order valence-electron chi connectivity index (χ1n) is 8.76. The third-order valence-electron chi connectivity index (χ3n) is 4.52. The first-order valence-corrected chi connectivity index (χ1v) is 10.2. The van der Waals surface area contributed by atoms with Crippen LogP contribution in [0.15, 0.2) is 41.6 Å². The zero-order valence-corrected chi connectivity index (χ0v) is 15.9. The van der Waals surface area contributed by atoms with Crippen LogP contribution in [0.1, 0.15) is 36.9 Å². The Bertz CT molecular complexity index is 1010. The predicted octanol–water partition coefficient (Wildman–Crippen LogP) is 3.04. The smallest absolute Gasteiger partial charge is 0.416 e. The molecular formula is C18H17F3N4O3S. The maximum atomic E-state index is 12.8. The van der Waals surface area contributed by atoms with Gasteiger partial charge in [0.05, 0.1) is 10.5 Å². The molecule has 29 heavy (non-hydrogen) atoms. The van der Waals surface area contributed by atoms with Crippen LogP contribution in [0.3, 0.4) is 0 Å². The van der Waals surface area contributed by atoms with E-state index in [1.165, 1.54) is 12.4 Å². The van der Waals surface area contributed by atoms with Crippen LogP contribution in [-0.4, -0.2) is 30.5 Å². The number of sulfonamides is 1. The first-order chi connectivity index (χ1) is 13.7. The van der Waals surface area contributed by atoms with Crippen molar-refractivity contribution in [2.45, 2.75) is 48.9 Å². The molecule has 1 aliphatic rings. The van der Waals surface area contributed by atoms with Crippen molar-refractivity contribution in [1.29, 1.82) is 5.26 Å². The molecule has 1 aromatic carbocycles. The number of aromatic nitrogens is 2. The van der Waals surface area contributed by atoms with Gasteiger partial charge in [-0.2, -0.15) is 18.4 Å². The molecule has 1 N–H and O–H groups in total. The Morgan fingerprint density at radius 1 is 1.14 bits per heavy atom. The van der Waals surface area contributed by atoms with E-state index in [2.05, 4.69) is 14.7 Å². The maximum Gasteiger partial charge on any atom is 0.416 e. The highest BCUT2D eigenvalue weighted by Crippen LogP contribution is 2.31. The Hall–Kier alpha value is -2.71. The highest BCUT2D eigenvalue weighted by molar-refractivity contribution is 7.89. The van der Waals surface area contributed by atoms with Gasteiger partial charge in [0.25, 0.3) is 5.88 Å². The van der Waals surface area contributed by atoms with Crippen molar-refractivity contribution in [1.82, 2.24) is 14.7 Å². The number of hydrogen-bond acceptors (Lipinski definition) is 6. The number of rotatable bonds is 5. The van der Waals surface area contributed by atoms with Gasteiger partial charge in [-0.1, -0.05) is 6.07 Å². The van der Waals surface area contributed by atoms with Crippen molar-refractivity contribution in [2.75, 3.05) is 0 Å². The zero-order chi connectivity index (χ0) is 21.1. The molecule has 3 rings (SSSR count). The number of nitriles is 1. The third-order valence-corrected chi connectivity index (χ3v) is 6.03. The summed E-state index contributed by atoms with van der Waals surface area (Å²) in [6.07, 6.45) is -0.225. The Labute approximate surface area is 165 Å². The summed E-state index contributed by atoms with van der Waals surface area (Å²) in [5.74, 6) is 0.128. The molecule has 154 valence electrons. The summed E-state index contributed by atoms with van der Waals surface area (Å²) in [6, 6.07) is 5.10. The highest BCUT2D eigenvalue weighted by Gasteiger charge is 2.32. The van der Waals surface area contributed by atoms with Crippen LogP contribution >= 0.6 is 0 Å². The fourth-order valence-corrected chi connectivity index (χ4v) is 4.42. The number of alkyl halides is 3. The van der Waals surface area contributed by atoms with E-state index in [0.29, 0.717) is 31.7 Å². The van der Waals surface area contributed by atoms with E-state index in [1.807, 2.05) is 6.07 Å². The molecule has 0 spiro atoms. The van der Waals surface area contributed by atoms with Crippen molar-refractivity contribution in [3.63, 3.8) is 0 Å². The Morgan fingerprint density at radius 2 is 1.83 bits per heavy atom. The van der Waals surface area contributed by atoms with E-state index in [0.717, 1.165) is 18.2 Å². The molecular weight excluding hydrogens is 409 g/mol. The molecule has 1 heterocycles. The van der Waals surface area contributed by atoms with E-state index in [9.17, 15) is 21.6 Å². The Balaban J connectivity index is 1.61. The monoisotopic (exact) mass is 426 g/mol. The van der Waals surface area contributed by atoms with Crippen molar-refractivity contribution < 1.29 is 26.3 Å². The molecule has 1 aliphatic carbocycles. The number of nitrogens with one attached hydrogen (secondary N) is 1. The molecule has 0 bridgehead atoms. The van der Waals surface area contributed by atoms with Gasteiger partial charge in [0.15, 0.2) is 0 Å². The summed E-state index contributed by atoms with van der Waals surface area (Å²) in [5.41, 5.74) is -0.949. The molecule has 1 saturated carbocycles. The minimum Gasteiger partial charge on any atom is -0.472 e. The van der Waals surface area contributed by atoms with Crippen LogP contribution in [0.4, 0.5) is 13.2 Å². The standard InChI is InChI=1S/C18H17F3N4O3S/c19-18(20,21)12-2-1-3-15(10-12)29(26,27)25-13-4-6-14(7-5-13)28-17-16(11-22)23-8-9-24-17/h1-3,8-10,13-14,25H,4-7H2. The number of nitrogens with zero attached hydrogens (tertiary/aromatic N) is 3. The SMILES string of the molecule is N#Cc1nccnc1OC1CCC(NS(=O)(=O)c2cccc(C(F)(F)F)c2)CC1. The normalized spacial score (nSPS) is 20.1. The van der Waals surface area contributed by atoms with Crippen LogP contribution < -0.4 is 9.46 Å². The summed E-state index contributed by atoms with van der Waals surface area (Å²) >= 11 is 0. The number of benzene rings is 1. The molecule has 0 saturated heterocycles. The van der Waals surface area contributed by atoms with Gasteiger partial charge in [-0.3, -0.25) is 0 Å². The van der Waals surface area contributed by atoms with Gasteiger partial charge in [-0.05, 0) is 43.9 Å². The Kier molecular flexibility index (Phi) is 6.04. The van der Waals surface area contributed by atoms with Crippen molar-refractivity contribution in [3.05, 3.63) is 47.9 Å². The number of ether oxygens (including phenoxy) is 1. The summed E-state index contributed by atoms with van der Waals surface area (Å²) in [4.78, 5) is 7.42. The first kappa shape index (κ1) is 21.0. The number of halogens is 3. The second kappa shape index (κ2) is 8.34. The van der Waals surface area contributed by atoms with Crippen LogP contribution in [0.2, 0.25) is 0 Å². The quantitative estimate of drug-likeness (QED) is 0.788. The highest BCUT2D eigenvalue weighted by atomic mass is 32.2. The molecule has 0 amide bonds. The molecule has 0 aliphatic heterocycles. The lowest BCUT2D eigenvalue weighted by molar-refractivity contribution is -0.137. The molecule has 0 atom stereocenters. The van der Waals surface area contributed by atoms with Crippen molar-refractivity contribution in [2.24, 2.45) is 0 Å². The third kappa shape index (κ3) is 5.21. The van der Waals surface area contributed by atoms with Gasteiger partial charge in [-0.25, -0.2) is 23.1 Å². The van der Waals surface area contributed by atoms with Crippen LogP contribution in [0, 0.1) is 11.3 Å². The van der Waals surface area contributed by atoms with E-state index >= 15 is 0 Å². The van der Waals surface area contributed by atoms with E-state index in [-0.39, 0.29) is 17.7 Å². The van der Waals surface area contributed by atoms with Gasteiger partial charge in [0.1, 0.15) is 12.2 Å². The predicted molar refractivity (Wildman–Crippen MR) is 95.2 cm³/mol. The van der Waals surface area contributed by atoms with Crippen LogP contribution in [0.5, 0.6) is 5.88 Å². The second-order valence-corrected chi connectivity index (χ2v) is 8.27. The van der Waals surface area contributed by atoms with Gasteiger partial charge in [0, 0.05) is 18.4 Å². The van der Waals surface area contributed by atoms with Crippen LogP contribution in [0.25, 0.3) is 0 Å². The largest absolute Gasteiger partial charge is 0.472 e. The summed E-state index contributed by atoms with van der Waals surface area (Å²) in [5, 5.41) is 9.02. The summed E-state index contributed by atoms with van der Waals surface area (Å²) < 4.78 is 71.6. The van der Waals surface area contributed by atoms with Gasteiger partial charge >= 0.3 is 6.18 Å². The van der Waals surface area contributed by atoms with E-state index < -0.39 is 32.7 Å². The van der Waals surface area contributed by atoms with Crippen molar-refractivity contribution in [3.8, 4) is 11.9 Å². The summed E-state index contributed by atoms with van der Waals surface area (Å²) in [6.45, 7) is 0. The molecule has 2 aromatic rings. The number of hydrogen-bond donors (Lipinski definition) is 1. The molecule has 7 nitrogen and oxygen atoms in total. The molecule has 1 aromatic heterocycles. The van der Waals surface area contributed by atoms with E-state index in [4.69, 9.17) is 10.00 Å². The second-order valence-electron chi connectivity index (χ2n) is 6.56. The molecule has 0 radical (unpaired) electrons. The average Bonchev–Trinajstić information content (AvgIpc) is 2.69. The summed E-state index contributed by atoms with van der Waals surface area (Å²) in [7, 11) is -4.09. The molecule has 0 unspecified atom stereocenters. The maximum absolute atomic E-state index is 12.8. The molecule has 11 heteroatoms. The lowest BCUT2D eigenvalue weighted by Gasteiger charge is -2.29. The van der Waals surface area contributed by atoms with Crippen LogP contribution in [-0.2, 0) is 16.2 Å². The fraction of sp³-hybridized carbons (Fsp3) is 0.389. The zero-order valence-electron chi connectivity index (χ0n) is 15.1. The molecule has 1 fully saturated rings. The van der Waals surface area contributed by atoms with Gasteiger partial charge in [0.2, 0.25) is 15.7 Å². The average molecular weight is 426 g/mol. The Morgan fingerprint density at radius 3 is 2.48 bits per heavy atom. The minimum atomic E-state index is -4.62. The van der Waals surface area contributed by atoms with Gasteiger partial charge < -0.3 is 4.74 Å². The van der Waals surface area contributed by atoms with Gasteiger partial charge in [-0.15, -0.1) is 0 Å². The lowest BCUT2D eigenvalue weighted by Crippen LogP contribution is -2.39. The topological polar surface area (TPSA) is 105 Å². The lowest BCUT2D eigenvalue weighted by atomic mass is 9.94.